The summed E-state index contributed by atoms with van der Waals surface area (Å²) in [5.41, 5.74) is 2.61. The first-order valence-corrected chi connectivity index (χ1v) is 2.88. The van der Waals surface area contributed by atoms with E-state index in [4.69, 9.17) is 0 Å². The molecule has 1 nitrogen and oxygen atoms in total. The number of nitrogens with one attached hydrogen (secondary N) is 1. The largest absolute Gasteiger partial charge is 0.309 e. The molecule has 8 heavy (non-hydrogen) atoms. The second kappa shape index (κ2) is 2.14. The van der Waals surface area contributed by atoms with Gasteiger partial charge < -0.3 is 5.32 Å². The fourth-order valence-electron chi connectivity index (χ4n) is 0.893. The molecule has 0 aromatic rings. The van der Waals surface area contributed by atoms with Crippen molar-refractivity contribution in [1.82, 2.24) is 5.32 Å². The minimum atomic E-state index is 0.972. The van der Waals surface area contributed by atoms with Crippen molar-refractivity contribution in [1.29, 1.82) is 0 Å². The van der Waals surface area contributed by atoms with Crippen molar-refractivity contribution in [3.63, 3.8) is 0 Å². The minimum absolute atomic E-state index is 0.972. The molecule has 0 aromatic heterocycles. The molecule has 0 spiro atoms. The Morgan fingerprint density at radius 2 is 2.38 bits per heavy atom. The SMILES string of the molecule is C=C1CNCC1=CC. The fourth-order valence-corrected chi connectivity index (χ4v) is 0.893. The molecule has 0 aromatic carbocycles. The molecule has 0 amide bonds. The van der Waals surface area contributed by atoms with Crippen LogP contribution < -0.4 is 5.32 Å². The normalized spacial score (nSPS) is 25.1. The van der Waals surface area contributed by atoms with Gasteiger partial charge in [0, 0.05) is 13.1 Å². The summed E-state index contributed by atoms with van der Waals surface area (Å²) in [7, 11) is 0. The maximum Gasteiger partial charge on any atom is 0.0208 e. The average Bonchev–Trinajstić information content (AvgIpc) is 2.14. The van der Waals surface area contributed by atoms with Gasteiger partial charge >= 0.3 is 0 Å². The maximum atomic E-state index is 3.88. The Kier molecular flexibility index (Phi) is 1.49. The Labute approximate surface area is 50.1 Å². The molecule has 1 saturated heterocycles. The van der Waals surface area contributed by atoms with Gasteiger partial charge in [-0.1, -0.05) is 12.7 Å². The van der Waals surface area contributed by atoms with Gasteiger partial charge in [0.2, 0.25) is 0 Å². The molecule has 0 bridgehead atoms. The lowest BCUT2D eigenvalue weighted by Gasteiger charge is -1.89. The van der Waals surface area contributed by atoms with Gasteiger partial charge in [-0.2, -0.15) is 0 Å². The molecule has 1 aliphatic heterocycles. The van der Waals surface area contributed by atoms with Crippen molar-refractivity contribution < 1.29 is 0 Å². The molecule has 0 atom stereocenters. The zero-order chi connectivity index (χ0) is 5.98. The molecule has 0 saturated carbocycles. The van der Waals surface area contributed by atoms with E-state index in [1.165, 1.54) is 11.1 Å². The Morgan fingerprint density at radius 3 is 2.62 bits per heavy atom. The second-order valence-electron chi connectivity index (χ2n) is 2.02. The van der Waals surface area contributed by atoms with Crippen molar-refractivity contribution in [3.05, 3.63) is 23.8 Å². The summed E-state index contributed by atoms with van der Waals surface area (Å²) in [6, 6.07) is 0. The van der Waals surface area contributed by atoms with Crippen LogP contribution in [0.5, 0.6) is 0 Å². The van der Waals surface area contributed by atoms with E-state index in [0.717, 1.165) is 13.1 Å². The van der Waals surface area contributed by atoms with Gasteiger partial charge in [0.1, 0.15) is 0 Å². The van der Waals surface area contributed by atoms with Crippen molar-refractivity contribution in [2.75, 3.05) is 13.1 Å². The summed E-state index contributed by atoms with van der Waals surface area (Å²) >= 11 is 0. The Hall–Kier alpha value is -0.560. The second-order valence-corrected chi connectivity index (χ2v) is 2.02. The van der Waals surface area contributed by atoms with E-state index in [9.17, 15) is 0 Å². The Bertz CT molecular complexity index is 133. The van der Waals surface area contributed by atoms with E-state index in [0.29, 0.717) is 0 Å². The van der Waals surface area contributed by atoms with Gasteiger partial charge in [-0.3, -0.25) is 0 Å². The first-order valence-electron chi connectivity index (χ1n) is 2.88. The Balaban J connectivity index is 2.69. The van der Waals surface area contributed by atoms with Crippen molar-refractivity contribution in [3.8, 4) is 0 Å². The predicted molar refractivity (Wildman–Crippen MR) is 35.8 cm³/mol. The zero-order valence-electron chi connectivity index (χ0n) is 5.20. The smallest absolute Gasteiger partial charge is 0.0208 e. The molecule has 0 unspecified atom stereocenters. The zero-order valence-corrected chi connectivity index (χ0v) is 5.20. The van der Waals surface area contributed by atoms with E-state index in [-0.39, 0.29) is 0 Å². The molecule has 1 heterocycles. The van der Waals surface area contributed by atoms with Crippen molar-refractivity contribution >= 4 is 0 Å². The first kappa shape index (κ1) is 5.57. The third kappa shape index (κ3) is 0.819. The van der Waals surface area contributed by atoms with Crippen LogP contribution in [0.3, 0.4) is 0 Å². The first-order chi connectivity index (χ1) is 3.84. The fraction of sp³-hybridized carbons (Fsp3) is 0.429. The van der Waals surface area contributed by atoms with E-state index in [2.05, 4.69) is 18.0 Å². The third-order valence-corrected chi connectivity index (χ3v) is 1.46. The third-order valence-electron chi connectivity index (χ3n) is 1.46. The molecule has 0 radical (unpaired) electrons. The van der Waals surface area contributed by atoms with Crippen LogP contribution >= 0.6 is 0 Å². The quantitative estimate of drug-likeness (QED) is 0.491. The lowest BCUT2D eigenvalue weighted by atomic mass is 10.2. The number of allylic oxidation sites excluding steroid dienone is 1. The van der Waals surface area contributed by atoms with Crippen LogP contribution in [0.25, 0.3) is 0 Å². The highest BCUT2D eigenvalue weighted by molar-refractivity contribution is 5.34. The predicted octanol–water partition coefficient (Wildman–Crippen LogP) is 1.09. The minimum Gasteiger partial charge on any atom is -0.309 e. The van der Waals surface area contributed by atoms with E-state index in [1.54, 1.807) is 0 Å². The lowest BCUT2D eigenvalue weighted by Crippen LogP contribution is -2.04. The molecular weight excluding hydrogens is 98.1 g/mol. The lowest BCUT2D eigenvalue weighted by molar-refractivity contribution is 0.895. The van der Waals surface area contributed by atoms with Gasteiger partial charge in [-0.15, -0.1) is 0 Å². The van der Waals surface area contributed by atoms with Gasteiger partial charge in [0.15, 0.2) is 0 Å². The van der Waals surface area contributed by atoms with Crippen LogP contribution in [0.2, 0.25) is 0 Å². The number of rotatable bonds is 0. The molecular formula is C7H11N. The highest BCUT2D eigenvalue weighted by Gasteiger charge is 2.07. The van der Waals surface area contributed by atoms with Crippen LogP contribution in [0, 0.1) is 0 Å². The molecule has 0 aliphatic carbocycles. The van der Waals surface area contributed by atoms with Crippen LogP contribution in [0.4, 0.5) is 0 Å². The van der Waals surface area contributed by atoms with E-state index in [1.807, 2.05) is 6.92 Å². The number of hydrogen-bond donors (Lipinski definition) is 1. The molecule has 1 fully saturated rings. The summed E-state index contributed by atoms with van der Waals surface area (Å²) in [6.07, 6.45) is 2.11. The van der Waals surface area contributed by atoms with Gasteiger partial charge in [0.05, 0.1) is 0 Å². The average molecular weight is 109 g/mol. The van der Waals surface area contributed by atoms with Crippen molar-refractivity contribution in [2.24, 2.45) is 0 Å². The summed E-state index contributed by atoms with van der Waals surface area (Å²) in [5, 5.41) is 3.21. The summed E-state index contributed by atoms with van der Waals surface area (Å²) < 4.78 is 0. The van der Waals surface area contributed by atoms with Crippen LogP contribution in [0.1, 0.15) is 6.92 Å². The molecule has 1 heteroatoms. The summed E-state index contributed by atoms with van der Waals surface area (Å²) in [5.74, 6) is 0. The molecule has 1 rings (SSSR count). The Morgan fingerprint density at radius 1 is 1.62 bits per heavy atom. The van der Waals surface area contributed by atoms with E-state index >= 15 is 0 Å². The van der Waals surface area contributed by atoms with Gasteiger partial charge in [-0.05, 0) is 18.1 Å². The molecule has 1 N–H and O–H groups in total. The monoisotopic (exact) mass is 109 g/mol. The van der Waals surface area contributed by atoms with Crippen LogP contribution in [-0.2, 0) is 0 Å². The standard InChI is InChI=1S/C7H11N/c1-3-7-5-8-4-6(7)2/h3,8H,2,4-5H2,1H3. The highest BCUT2D eigenvalue weighted by Crippen LogP contribution is 2.10. The van der Waals surface area contributed by atoms with Gasteiger partial charge in [0.25, 0.3) is 0 Å². The molecule has 44 valence electrons. The maximum absolute atomic E-state index is 3.88. The van der Waals surface area contributed by atoms with Crippen LogP contribution in [-0.4, -0.2) is 13.1 Å². The van der Waals surface area contributed by atoms with Gasteiger partial charge in [-0.25, -0.2) is 0 Å². The van der Waals surface area contributed by atoms with Crippen LogP contribution in [0.15, 0.2) is 23.8 Å². The highest BCUT2D eigenvalue weighted by atomic mass is 14.9. The van der Waals surface area contributed by atoms with Crippen molar-refractivity contribution in [2.45, 2.75) is 6.92 Å². The summed E-state index contributed by atoms with van der Waals surface area (Å²) in [4.78, 5) is 0. The summed E-state index contributed by atoms with van der Waals surface area (Å²) in [6.45, 7) is 7.91. The topological polar surface area (TPSA) is 12.0 Å². The number of hydrogen-bond acceptors (Lipinski definition) is 1. The molecule has 1 aliphatic rings. The van der Waals surface area contributed by atoms with E-state index < -0.39 is 0 Å².